The Bertz CT molecular complexity index is 310. The molecule has 90 valence electrons. The van der Waals surface area contributed by atoms with Crippen molar-refractivity contribution in [3.63, 3.8) is 0 Å². The van der Waals surface area contributed by atoms with Crippen molar-refractivity contribution in [1.29, 1.82) is 0 Å². The number of aromatic nitrogens is 2. The van der Waals surface area contributed by atoms with Crippen LogP contribution in [-0.2, 0) is 6.42 Å². The van der Waals surface area contributed by atoms with Crippen molar-refractivity contribution in [1.82, 2.24) is 15.5 Å². The predicted molar refractivity (Wildman–Crippen MR) is 65.8 cm³/mol. The standard InChI is InChI=1S/C11H19N3OS/c1-2-5-12-6-3-10-13-14-11(15-10)9-4-7-16-8-9/h9,12H,2-8H2,1H3. The molecule has 0 radical (unpaired) electrons. The molecule has 0 amide bonds. The molecule has 1 aliphatic heterocycles. The van der Waals surface area contributed by atoms with Gasteiger partial charge in [-0.3, -0.25) is 0 Å². The van der Waals surface area contributed by atoms with Crippen LogP contribution in [-0.4, -0.2) is 34.8 Å². The predicted octanol–water partition coefficient (Wildman–Crippen LogP) is 1.83. The van der Waals surface area contributed by atoms with Crippen LogP contribution in [0.1, 0.15) is 37.5 Å². The Morgan fingerprint density at radius 3 is 3.12 bits per heavy atom. The molecule has 2 heterocycles. The molecule has 1 aromatic rings. The third-order valence-electron chi connectivity index (χ3n) is 2.70. The molecule has 1 N–H and O–H groups in total. The van der Waals surface area contributed by atoms with Gasteiger partial charge in [0.25, 0.3) is 0 Å². The van der Waals surface area contributed by atoms with Gasteiger partial charge in [-0.15, -0.1) is 10.2 Å². The zero-order valence-electron chi connectivity index (χ0n) is 9.74. The Morgan fingerprint density at radius 2 is 2.38 bits per heavy atom. The molecule has 16 heavy (non-hydrogen) atoms. The van der Waals surface area contributed by atoms with Crippen LogP contribution >= 0.6 is 11.8 Å². The summed E-state index contributed by atoms with van der Waals surface area (Å²) in [6, 6.07) is 0. The monoisotopic (exact) mass is 241 g/mol. The molecule has 0 bridgehead atoms. The molecular formula is C11H19N3OS. The number of nitrogens with zero attached hydrogens (tertiary/aromatic N) is 2. The lowest BCUT2D eigenvalue weighted by molar-refractivity contribution is 0.422. The molecular weight excluding hydrogens is 222 g/mol. The van der Waals surface area contributed by atoms with Gasteiger partial charge in [-0.25, -0.2) is 0 Å². The Labute approximate surface area is 101 Å². The first kappa shape index (κ1) is 11.9. The molecule has 4 nitrogen and oxygen atoms in total. The van der Waals surface area contributed by atoms with Gasteiger partial charge < -0.3 is 9.73 Å². The number of nitrogens with one attached hydrogen (secondary N) is 1. The van der Waals surface area contributed by atoms with Gasteiger partial charge in [0.1, 0.15) is 0 Å². The van der Waals surface area contributed by atoms with Crippen molar-refractivity contribution >= 4 is 11.8 Å². The Balaban J connectivity index is 1.77. The van der Waals surface area contributed by atoms with Crippen LogP contribution in [0.15, 0.2) is 4.42 Å². The van der Waals surface area contributed by atoms with Crippen LogP contribution in [0.25, 0.3) is 0 Å². The summed E-state index contributed by atoms with van der Waals surface area (Å²) in [5.41, 5.74) is 0. The second-order valence-corrected chi connectivity index (χ2v) is 5.24. The second kappa shape index (κ2) is 6.25. The van der Waals surface area contributed by atoms with E-state index in [1.54, 1.807) is 0 Å². The van der Waals surface area contributed by atoms with Crippen LogP contribution in [0.4, 0.5) is 0 Å². The van der Waals surface area contributed by atoms with Gasteiger partial charge in [0.15, 0.2) is 0 Å². The summed E-state index contributed by atoms with van der Waals surface area (Å²) in [5, 5.41) is 11.6. The van der Waals surface area contributed by atoms with Gasteiger partial charge in [-0.1, -0.05) is 6.92 Å². The molecule has 5 heteroatoms. The molecule has 0 aliphatic carbocycles. The topological polar surface area (TPSA) is 51.0 Å². The van der Waals surface area contributed by atoms with Crippen LogP contribution in [0.2, 0.25) is 0 Å². The number of hydrogen-bond donors (Lipinski definition) is 1. The van der Waals surface area contributed by atoms with Crippen LogP contribution in [0, 0.1) is 0 Å². The Morgan fingerprint density at radius 1 is 1.44 bits per heavy atom. The summed E-state index contributed by atoms with van der Waals surface area (Å²) < 4.78 is 5.67. The van der Waals surface area contributed by atoms with E-state index in [2.05, 4.69) is 22.4 Å². The van der Waals surface area contributed by atoms with E-state index in [1.807, 2.05) is 11.8 Å². The smallest absolute Gasteiger partial charge is 0.220 e. The fraction of sp³-hybridized carbons (Fsp3) is 0.818. The average Bonchev–Trinajstić information content (AvgIpc) is 2.94. The van der Waals surface area contributed by atoms with E-state index in [1.165, 1.54) is 12.2 Å². The van der Waals surface area contributed by atoms with E-state index in [-0.39, 0.29) is 0 Å². The number of thioether (sulfide) groups is 1. The van der Waals surface area contributed by atoms with Crippen LogP contribution < -0.4 is 5.32 Å². The average molecular weight is 241 g/mol. The SMILES string of the molecule is CCCNCCc1nnc(C2CCSC2)o1. The molecule has 1 atom stereocenters. The van der Waals surface area contributed by atoms with E-state index in [0.717, 1.165) is 43.5 Å². The minimum absolute atomic E-state index is 0.495. The second-order valence-electron chi connectivity index (χ2n) is 4.09. The molecule has 1 fully saturated rings. The van der Waals surface area contributed by atoms with Crippen molar-refractivity contribution in [3.8, 4) is 0 Å². The van der Waals surface area contributed by atoms with Gasteiger partial charge in [-0.2, -0.15) is 11.8 Å². The Hall–Kier alpha value is -0.550. The van der Waals surface area contributed by atoms with Crippen molar-refractivity contribution in [2.75, 3.05) is 24.6 Å². The summed E-state index contributed by atoms with van der Waals surface area (Å²) >= 11 is 1.97. The highest BCUT2D eigenvalue weighted by molar-refractivity contribution is 7.99. The maximum atomic E-state index is 5.67. The van der Waals surface area contributed by atoms with Crippen molar-refractivity contribution in [2.45, 2.75) is 32.1 Å². The first-order valence-electron chi connectivity index (χ1n) is 6.01. The lowest BCUT2D eigenvalue weighted by Gasteiger charge is -2.00. The van der Waals surface area contributed by atoms with Crippen LogP contribution in [0.3, 0.4) is 0 Å². The van der Waals surface area contributed by atoms with Gasteiger partial charge in [-0.05, 0) is 25.1 Å². The fourth-order valence-electron chi connectivity index (χ4n) is 1.76. The van der Waals surface area contributed by atoms with Crippen molar-refractivity contribution < 1.29 is 4.42 Å². The molecule has 0 saturated carbocycles. The van der Waals surface area contributed by atoms with Crippen molar-refractivity contribution in [3.05, 3.63) is 11.8 Å². The van der Waals surface area contributed by atoms with E-state index >= 15 is 0 Å². The van der Waals surface area contributed by atoms with Gasteiger partial charge in [0, 0.05) is 24.6 Å². The third-order valence-corrected chi connectivity index (χ3v) is 3.87. The van der Waals surface area contributed by atoms with E-state index in [9.17, 15) is 0 Å². The van der Waals surface area contributed by atoms with Crippen LogP contribution in [0.5, 0.6) is 0 Å². The summed E-state index contributed by atoms with van der Waals surface area (Å²) in [5.74, 6) is 4.47. The highest BCUT2D eigenvalue weighted by Gasteiger charge is 2.22. The lowest BCUT2D eigenvalue weighted by Crippen LogP contribution is -2.17. The quantitative estimate of drug-likeness (QED) is 0.770. The first-order valence-corrected chi connectivity index (χ1v) is 7.16. The fourth-order valence-corrected chi connectivity index (χ4v) is 2.97. The minimum Gasteiger partial charge on any atom is -0.425 e. The van der Waals surface area contributed by atoms with Gasteiger partial charge >= 0.3 is 0 Å². The highest BCUT2D eigenvalue weighted by atomic mass is 32.2. The largest absolute Gasteiger partial charge is 0.425 e. The lowest BCUT2D eigenvalue weighted by atomic mass is 10.1. The maximum Gasteiger partial charge on any atom is 0.220 e. The molecule has 2 rings (SSSR count). The summed E-state index contributed by atoms with van der Waals surface area (Å²) in [4.78, 5) is 0. The molecule has 0 aromatic carbocycles. The van der Waals surface area contributed by atoms with Gasteiger partial charge in [0.2, 0.25) is 11.8 Å². The van der Waals surface area contributed by atoms with E-state index in [0.29, 0.717) is 5.92 Å². The van der Waals surface area contributed by atoms with Crippen molar-refractivity contribution in [2.24, 2.45) is 0 Å². The highest BCUT2D eigenvalue weighted by Crippen LogP contribution is 2.31. The number of rotatable bonds is 6. The first-order chi connectivity index (χ1) is 7.90. The molecule has 1 unspecified atom stereocenters. The zero-order valence-corrected chi connectivity index (χ0v) is 10.6. The van der Waals surface area contributed by atoms with E-state index in [4.69, 9.17) is 4.42 Å². The summed E-state index contributed by atoms with van der Waals surface area (Å²) in [6.45, 7) is 4.14. The van der Waals surface area contributed by atoms with E-state index < -0.39 is 0 Å². The molecule has 1 saturated heterocycles. The van der Waals surface area contributed by atoms with Gasteiger partial charge in [0.05, 0.1) is 0 Å². The molecule has 1 aliphatic rings. The molecule has 1 aromatic heterocycles. The molecule has 0 spiro atoms. The normalized spacial score (nSPS) is 20.4. The summed E-state index contributed by atoms with van der Waals surface area (Å²) in [7, 11) is 0. The maximum absolute atomic E-state index is 5.67. The summed E-state index contributed by atoms with van der Waals surface area (Å²) in [6.07, 6.45) is 3.18. The third kappa shape index (κ3) is 3.22. The number of hydrogen-bond acceptors (Lipinski definition) is 5. The zero-order chi connectivity index (χ0) is 11.2. The Kier molecular flexibility index (Phi) is 4.66. The minimum atomic E-state index is 0.495.